The molecule has 0 aromatic heterocycles. The van der Waals surface area contributed by atoms with Crippen molar-refractivity contribution in [3.8, 4) is 0 Å². The monoisotopic (exact) mass is 803 g/mol. The molecule has 18 atom stereocenters. The number of esters is 2. The quantitative estimate of drug-likeness (QED) is 0.197. The normalized spacial score (nSPS) is 46.7. The molecule has 15 heteroatoms. The average Bonchev–Trinajstić information content (AvgIpc) is 3.11. The lowest BCUT2D eigenvalue weighted by atomic mass is 9.77. The van der Waals surface area contributed by atoms with Crippen molar-refractivity contribution in [2.45, 2.75) is 185 Å². The predicted octanol–water partition coefficient (Wildman–Crippen LogP) is 2.64. The van der Waals surface area contributed by atoms with Crippen molar-refractivity contribution in [2.24, 2.45) is 17.8 Å². The number of carbonyl (C=O) groups excluding carboxylic acids is 2. The van der Waals surface area contributed by atoms with E-state index in [1.807, 2.05) is 51.7 Å². The van der Waals surface area contributed by atoms with Gasteiger partial charge in [0.25, 0.3) is 0 Å². The minimum Gasteiger partial charge on any atom is -0.459 e. The number of rotatable bonds is 9. The molecule has 3 aliphatic heterocycles. The van der Waals surface area contributed by atoms with Gasteiger partial charge in [-0.1, -0.05) is 27.4 Å². The van der Waals surface area contributed by atoms with E-state index in [1.54, 1.807) is 41.5 Å². The molecule has 15 nitrogen and oxygen atoms in total. The van der Waals surface area contributed by atoms with E-state index in [0.717, 1.165) is 6.08 Å². The van der Waals surface area contributed by atoms with Crippen LogP contribution < -0.4 is 0 Å². The molecule has 0 aromatic rings. The molecular formula is C41H74N2O13. The Hall–Kier alpha value is -1.76. The summed E-state index contributed by atoms with van der Waals surface area (Å²) in [5.41, 5.74) is -4.50. The van der Waals surface area contributed by atoms with Gasteiger partial charge in [0.15, 0.2) is 12.6 Å². The molecule has 3 heterocycles. The van der Waals surface area contributed by atoms with Crippen molar-refractivity contribution in [3.63, 3.8) is 0 Å². The summed E-state index contributed by atoms with van der Waals surface area (Å²) in [5.74, 6) is -3.50. The zero-order chi connectivity index (χ0) is 42.7. The van der Waals surface area contributed by atoms with Gasteiger partial charge in [-0.2, -0.15) is 0 Å². The van der Waals surface area contributed by atoms with Crippen LogP contribution in [-0.4, -0.2) is 167 Å². The maximum Gasteiger partial charge on any atom is 0.330 e. The molecule has 0 saturated carbocycles. The molecule has 3 saturated heterocycles. The summed E-state index contributed by atoms with van der Waals surface area (Å²) in [4.78, 5) is 31.0. The van der Waals surface area contributed by atoms with Crippen LogP contribution in [0, 0.1) is 17.8 Å². The number of carbonyl (C=O) groups is 2. The first-order valence-electron chi connectivity index (χ1n) is 20.2. The molecule has 0 amide bonds. The third-order valence-corrected chi connectivity index (χ3v) is 12.6. The first-order chi connectivity index (χ1) is 25.8. The molecule has 0 unspecified atom stereocenters. The van der Waals surface area contributed by atoms with E-state index in [1.165, 1.54) is 14.0 Å². The van der Waals surface area contributed by atoms with Gasteiger partial charge in [-0.3, -0.25) is 9.69 Å². The number of aliphatic hydroxyl groups excluding tert-OH is 2. The van der Waals surface area contributed by atoms with E-state index in [4.69, 9.17) is 33.2 Å². The van der Waals surface area contributed by atoms with Crippen molar-refractivity contribution in [1.82, 2.24) is 9.80 Å². The van der Waals surface area contributed by atoms with Gasteiger partial charge < -0.3 is 58.5 Å². The smallest absolute Gasteiger partial charge is 0.330 e. The molecule has 4 N–H and O–H groups in total. The zero-order valence-corrected chi connectivity index (χ0v) is 36.3. The molecule has 0 bridgehead atoms. The van der Waals surface area contributed by atoms with Crippen LogP contribution in [0.15, 0.2) is 12.7 Å². The molecule has 326 valence electrons. The van der Waals surface area contributed by atoms with Crippen molar-refractivity contribution in [2.75, 3.05) is 34.8 Å². The average molecular weight is 803 g/mol. The van der Waals surface area contributed by atoms with E-state index >= 15 is 0 Å². The van der Waals surface area contributed by atoms with Crippen molar-refractivity contribution >= 4 is 11.9 Å². The van der Waals surface area contributed by atoms with E-state index in [9.17, 15) is 30.0 Å². The molecule has 0 aliphatic carbocycles. The van der Waals surface area contributed by atoms with Crippen LogP contribution in [0.1, 0.15) is 94.9 Å². The standard InChI is InChI=1S/C41H74N2O13/c1-16-29-41(11,49)36(54-30(44)17-2)26(7)43(14)21-22(3)19-39(9,48)35(56-38-32(45)28(42(12)13)18-23(4)51-38)24(5)33(25(6)37(47)53-29)55-31-20-40(10,50-15)34(46)27(8)52-31/h17,22-29,31-36,38,45-46,48-49H,2,16,18-21H2,1,3-15H3/t22-,23-,24+,25-,26+,27+,28+,29-,31+,32-,33+,34+,35-,36-,38+,39-,40-,41-/m1/s1. The van der Waals surface area contributed by atoms with Crippen molar-refractivity contribution < 1.29 is 63.2 Å². The molecule has 3 rings (SSSR count). The topological polar surface area (TPSA) is 186 Å². The van der Waals surface area contributed by atoms with Gasteiger partial charge >= 0.3 is 11.9 Å². The molecule has 0 aromatic carbocycles. The minimum atomic E-state index is -1.86. The Kier molecular flexibility index (Phi) is 17.0. The fourth-order valence-corrected chi connectivity index (χ4v) is 9.11. The highest BCUT2D eigenvalue weighted by Gasteiger charge is 2.53. The first kappa shape index (κ1) is 48.6. The number of cyclic esters (lactones) is 1. The van der Waals surface area contributed by atoms with Gasteiger partial charge in [-0.15, -0.1) is 0 Å². The van der Waals surface area contributed by atoms with E-state index < -0.39 is 102 Å². The Labute approximate surface area is 334 Å². The van der Waals surface area contributed by atoms with Crippen LogP contribution >= 0.6 is 0 Å². The van der Waals surface area contributed by atoms with E-state index in [0.29, 0.717) is 13.0 Å². The summed E-state index contributed by atoms with van der Waals surface area (Å²) in [6.45, 7) is 21.4. The number of methoxy groups -OCH3 is 1. The lowest BCUT2D eigenvalue weighted by molar-refractivity contribution is -0.318. The second-order valence-electron chi connectivity index (χ2n) is 17.8. The highest BCUT2D eigenvalue weighted by molar-refractivity contribution is 5.81. The Bertz CT molecular complexity index is 1300. The fourth-order valence-electron chi connectivity index (χ4n) is 9.11. The molecular weight excluding hydrogens is 728 g/mol. The highest BCUT2D eigenvalue weighted by atomic mass is 16.7. The third kappa shape index (κ3) is 11.1. The van der Waals surface area contributed by atoms with Crippen LogP contribution in [-0.2, 0) is 42.7 Å². The Balaban J connectivity index is 2.22. The Morgan fingerprint density at radius 1 is 1.02 bits per heavy atom. The van der Waals surface area contributed by atoms with E-state index in [-0.39, 0.29) is 37.3 Å². The molecule has 3 fully saturated rings. The molecule has 56 heavy (non-hydrogen) atoms. The van der Waals surface area contributed by atoms with Gasteiger partial charge in [0.1, 0.15) is 30.0 Å². The first-order valence-corrected chi connectivity index (χ1v) is 20.2. The third-order valence-electron chi connectivity index (χ3n) is 12.6. The van der Waals surface area contributed by atoms with Crippen LogP contribution in [0.3, 0.4) is 0 Å². The van der Waals surface area contributed by atoms with Gasteiger partial charge in [0.2, 0.25) is 0 Å². The van der Waals surface area contributed by atoms with Gasteiger partial charge in [0, 0.05) is 44.2 Å². The SMILES string of the molecule is C=CC(=O)O[C@@H]1[C@H](C)N(C)C[C@H](C)C[C@@](C)(O)[C@H](O[C@@H]2O[C@H](C)C[C@H](N(C)C)[C@H]2O)[C@@H](C)[C@H](O[C@H]2C[C@@](C)(OC)[C@@H](O)[C@H](C)O2)[C@@H](C)C(=O)O[C@H](CC)[C@@]1(C)O. The lowest BCUT2D eigenvalue weighted by Crippen LogP contribution is -2.60. The maximum atomic E-state index is 14.4. The molecule has 3 aliphatic rings. The minimum absolute atomic E-state index is 0.109. The van der Waals surface area contributed by atoms with Gasteiger partial charge in [-0.05, 0) is 94.8 Å². The Morgan fingerprint density at radius 2 is 1.64 bits per heavy atom. The van der Waals surface area contributed by atoms with Crippen LogP contribution in [0.25, 0.3) is 0 Å². The second kappa shape index (κ2) is 19.5. The lowest BCUT2D eigenvalue weighted by Gasteiger charge is -2.48. The van der Waals surface area contributed by atoms with Crippen molar-refractivity contribution in [1.29, 1.82) is 0 Å². The number of ether oxygens (including phenoxy) is 7. The van der Waals surface area contributed by atoms with Crippen LogP contribution in [0.4, 0.5) is 0 Å². The second-order valence-corrected chi connectivity index (χ2v) is 17.8. The fraction of sp³-hybridized carbons (Fsp3) is 0.902. The summed E-state index contributed by atoms with van der Waals surface area (Å²) < 4.78 is 43.6. The van der Waals surface area contributed by atoms with Crippen LogP contribution in [0.5, 0.6) is 0 Å². The maximum absolute atomic E-state index is 14.4. The van der Waals surface area contributed by atoms with Crippen molar-refractivity contribution in [3.05, 3.63) is 12.7 Å². The summed E-state index contributed by atoms with van der Waals surface area (Å²) in [6, 6.07) is -0.872. The summed E-state index contributed by atoms with van der Waals surface area (Å²) in [5, 5.41) is 47.4. The molecule has 0 radical (unpaired) electrons. The summed E-state index contributed by atoms with van der Waals surface area (Å²) in [7, 11) is 7.09. The number of nitrogens with zero attached hydrogens (tertiary/aromatic N) is 2. The number of likely N-dealkylation sites (N-methyl/N-ethyl adjacent to an activating group) is 2. The van der Waals surface area contributed by atoms with Gasteiger partial charge in [0.05, 0.1) is 41.5 Å². The number of aliphatic hydroxyl groups is 4. The molecule has 0 spiro atoms. The number of hydrogen-bond acceptors (Lipinski definition) is 15. The summed E-state index contributed by atoms with van der Waals surface area (Å²) in [6.07, 6.45) is -7.47. The Morgan fingerprint density at radius 3 is 2.20 bits per heavy atom. The van der Waals surface area contributed by atoms with E-state index in [2.05, 4.69) is 6.58 Å². The zero-order valence-electron chi connectivity index (χ0n) is 36.3. The van der Waals surface area contributed by atoms with Crippen LogP contribution in [0.2, 0.25) is 0 Å². The summed E-state index contributed by atoms with van der Waals surface area (Å²) >= 11 is 0. The number of hydrogen-bond donors (Lipinski definition) is 4. The largest absolute Gasteiger partial charge is 0.459 e. The van der Waals surface area contributed by atoms with Gasteiger partial charge in [-0.25, -0.2) is 4.79 Å². The predicted molar refractivity (Wildman–Crippen MR) is 208 cm³/mol. The highest BCUT2D eigenvalue weighted by Crippen LogP contribution is 2.40.